The van der Waals surface area contributed by atoms with Crippen molar-refractivity contribution in [1.82, 2.24) is 0 Å². The largest absolute Gasteiger partial charge is 0.508 e. The number of aryl methyl sites for hydroxylation is 1. The van der Waals surface area contributed by atoms with Crippen LogP contribution in [0.15, 0.2) is 60.2 Å². The minimum absolute atomic E-state index is 0.108. The average Bonchev–Trinajstić information content (AvgIpc) is 2.61. The van der Waals surface area contributed by atoms with E-state index in [-0.39, 0.29) is 11.9 Å². The summed E-state index contributed by atoms with van der Waals surface area (Å²) in [6.45, 7) is 0. The summed E-state index contributed by atoms with van der Waals surface area (Å²) in [4.78, 5) is 2.13. The minimum Gasteiger partial charge on any atom is -0.508 e. The maximum atomic E-state index is 9.47. The molecule has 24 heavy (non-hydrogen) atoms. The van der Waals surface area contributed by atoms with E-state index < -0.39 is 0 Å². The minimum atomic E-state index is -0.108. The summed E-state index contributed by atoms with van der Waals surface area (Å²) in [5.74, 6) is 1.28. The van der Waals surface area contributed by atoms with Gasteiger partial charge in [0.15, 0.2) is 0 Å². The van der Waals surface area contributed by atoms with E-state index in [1.807, 2.05) is 12.1 Å². The first kappa shape index (κ1) is 14.9. The Morgan fingerprint density at radius 2 is 1.83 bits per heavy atom. The van der Waals surface area contributed by atoms with Crippen molar-refractivity contribution in [2.24, 2.45) is 0 Å². The number of aromatic hydroxyl groups is 1. The monoisotopic (exact) mass is 319 g/mol. The summed E-state index contributed by atoms with van der Waals surface area (Å²) in [5.41, 5.74) is 6.09. The van der Waals surface area contributed by atoms with Crippen LogP contribution < -0.4 is 4.90 Å². The summed E-state index contributed by atoms with van der Waals surface area (Å²) in [6.07, 6.45) is 6.25. The molecule has 1 atom stereocenters. The highest BCUT2D eigenvalue weighted by molar-refractivity contribution is 5.73. The van der Waals surface area contributed by atoms with Gasteiger partial charge in [-0.3, -0.25) is 0 Å². The van der Waals surface area contributed by atoms with Crippen LogP contribution in [-0.4, -0.2) is 19.2 Å². The van der Waals surface area contributed by atoms with Gasteiger partial charge in [0.1, 0.15) is 17.6 Å². The van der Waals surface area contributed by atoms with E-state index in [2.05, 4.69) is 49.3 Å². The quantitative estimate of drug-likeness (QED) is 0.888. The smallest absolute Gasteiger partial charge is 0.142 e. The lowest BCUT2D eigenvalue weighted by Gasteiger charge is -2.30. The van der Waals surface area contributed by atoms with Gasteiger partial charge in [0.25, 0.3) is 0 Å². The fourth-order valence-corrected chi connectivity index (χ4v) is 3.35. The van der Waals surface area contributed by atoms with Gasteiger partial charge in [0.2, 0.25) is 0 Å². The summed E-state index contributed by atoms with van der Waals surface area (Å²) in [6, 6.07) is 13.8. The SMILES string of the molecule is CN(C)c1ccc2c(c1)CCC1=C2OC(c2ccc(O)cc2)C=C1. The predicted octanol–water partition coefficient (Wildman–Crippen LogP) is 4.44. The molecular formula is C21H21NO2. The van der Waals surface area contributed by atoms with Crippen LogP contribution >= 0.6 is 0 Å². The first-order valence-electron chi connectivity index (χ1n) is 8.29. The van der Waals surface area contributed by atoms with Crippen molar-refractivity contribution in [3.8, 4) is 5.75 Å². The fourth-order valence-electron chi connectivity index (χ4n) is 3.35. The van der Waals surface area contributed by atoms with Crippen molar-refractivity contribution in [3.63, 3.8) is 0 Å². The number of hydrogen-bond acceptors (Lipinski definition) is 3. The third kappa shape index (κ3) is 2.56. The molecule has 1 heterocycles. The van der Waals surface area contributed by atoms with Gasteiger partial charge in [-0.25, -0.2) is 0 Å². The Labute approximate surface area is 142 Å². The van der Waals surface area contributed by atoms with Gasteiger partial charge >= 0.3 is 0 Å². The fraction of sp³-hybridized carbons (Fsp3) is 0.238. The van der Waals surface area contributed by atoms with Crippen LogP contribution in [0.5, 0.6) is 5.75 Å². The molecule has 0 saturated carbocycles. The first-order chi connectivity index (χ1) is 11.6. The Bertz CT molecular complexity index is 831. The number of anilines is 1. The highest BCUT2D eigenvalue weighted by Gasteiger charge is 2.25. The van der Waals surface area contributed by atoms with Crippen molar-refractivity contribution >= 4 is 11.4 Å². The van der Waals surface area contributed by atoms with E-state index >= 15 is 0 Å². The normalized spacial score (nSPS) is 18.7. The molecule has 4 rings (SSSR count). The van der Waals surface area contributed by atoms with Gasteiger partial charge in [-0.15, -0.1) is 0 Å². The molecule has 2 aromatic rings. The molecule has 0 bridgehead atoms. The maximum absolute atomic E-state index is 9.47. The molecule has 0 radical (unpaired) electrons. The van der Waals surface area contributed by atoms with Gasteiger partial charge in [-0.2, -0.15) is 0 Å². The molecular weight excluding hydrogens is 298 g/mol. The second-order valence-electron chi connectivity index (χ2n) is 6.58. The van der Waals surface area contributed by atoms with Crippen LogP contribution in [0, 0.1) is 0 Å². The van der Waals surface area contributed by atoms with Crippen molar-refractivity contribution in [3.05, 3.63) is 76.9 Å². The van der Waals surface area contributed by atoms with Gasteiger partial charge in [0, 0.05) is 25.3 Å². The van der Waals surface area contributed by atoms with Crippen molar-refractivity contribution in [2.45, 2.75) is 18.9 Å². The van der Waals surface area contributed by atoms with Crippen molar-refractivity contribution < 1.29 is 9.84 Å². The van der Waals surface area contributed by atoms with Crippen LogP contribution in [0.1, 0.15) is 29.2 Å². The zero-order chi connectivity index (χ0) is 16.7. The first-order valence-corrected chi connectivity index (χ1v) is 8.29. The number of phenols is 1. The van der Waals surface area contributed by atoms with Crippen LogP contribution in [0.4, 0.5) is 5.69 Å². The lowest BCUT2D eigenvalue weighted by Crippen LogP contribution is -2.14. The molecule has 122 valence electrons. The highest BCUT2D eigenvalue weighted by Crippen LogP contribution is 2.41. The molecule has 3 nitrogen and oxygen atoms in total. The van der Waals surface area contributed by atoms with E-state index in [9.17, 15) is 5.11 Å². The standard InChI is InChI=1S/C21H21NO2/c1-22(2)17-8-11-19-16(13-17)4-3-15-7-12-20(24-21(15)19)14-5-9-18(23)10-6-14/h5-13,20,23H,3-4H2,1-2H3. The highest BCUT2D eigenvalue weighted by atomic mass is 16.5. The lowest BCUT2D eigenvalue weighted by molar-refractivity contribution is 0.208. The number of nitrogens with zero attached hydrogens (tertiary/aromatic N) is 1. The zero-order valence-electron chi connectivity index (χ0n) is 14.0. The summed E-state index contributed by atoms with van der Waals surface area (Å²) < 4.78 is 6.34. The average molecular weight is 319 g/mol. The van der Waals surface area contributed by atoms with Crippen LogP contribution in [0.25, 0.3) is 5.76 Å². The lowest BCUT2D eigenvalue weighted by atomic mass is 9.88. The Morgan fingerprint density at radius 3 is 2.58 bits per heavy atom. The summed E-state index contributed by atoms with van der Waals surface area (Å²) in [5, 5.41) is 9.47. The van der Waals surface area contributed by atoms with Crippen molar-refractivity contribution in [1.29, 1.82) is 0 Å². The molecule has 0 saturated heterocycles. The second kappa shape index (κ2) is 5.75. The number of ether oxygens (including phenoxy) is 1. The molecule has 2 aromatic carbocycles. The molecule has 1 aliphatic carbocycles. The third-order valence-electron chi connectivity index (χ3n) is 4.74. The predicted molar refractivity (Wildman–Crippen MR) is 97.1 cm³/mol. The zero-order valence-corrected chi connectivity index (χ0v) is 14.0. The number of allylic oxidation sites excluding steroid dienone is 2. The third-order valence-corrected chi connectivity index (χ3v) is 4.74. The Hall–Kier alpha value is -2.68. The molecule has 0 fully saturated rings. The molecule has 1 N–H and O–H groups in total. The number of benzene rings is 2. The number of hydrogen-bond donors (Lipinski definition) is 1. The topological polar surface area (TPSA) is 32.7 Å². The van der Waals surface area contributed by atoms with E-state index in [0.717, 1.165) is 24.2 Å². The molecule has 1 unspecified atom stereocenters. The molecule has 0 aromatic heterocycles. The molecule has 1 aliphatic heterocycles. The summed E-state index contributed by atoms with van der Waals surface area (Å²) >= 11 is 0. The van der Waals surface area contributed by atoms with Crippen LogP contribution in [0.2, 0.25) is 0 Å². The van der Waals surface area contributed by atoms with E-state index in [1.165, 1.54) is 22.4 Å². The van der Waals surface area contributed by atoms with Crippen LogP contribution in [-0.2, 0) is 11.2 Å². The van der Waals surface area contributed by atoms with Crippen molar-refractivity contribution in [2.75, 3.05) is 19.0 Å². The molecule has 0 spiro atoms. The van der Waals surface area contributed by atoms with Gasteiger partial charge in [-0.1, -0.05) is 18.2 Å². The Kier molecular flexibility index (Phi) is 3.57. The van der Waals surface area contributed by atoms with E-state index in [4.69, 9.17) is 4.74 Å². The number of fused-ring (bicyclic) bond motifs is 2. The van der Waals surface area contributed by atoms with Crippen LogP contribution in [0.3, 0.4) is 0 Å². The van der Waals surface area contributed by atoms with Gasteiger partial charge in [-0.05, 0) is 65.9 Å². The van der Waals surface area contributed by atoms with E-state index in [0.29, 0.717) is 0 Å². The Morgan fingerprint density at radius 1 is 1.04 bits per heavy atom. The molecule has 3 heteroatoms. The van der Waals surface area contributed by atoms with E-state index in [1.54, 1.807) is 12.1 Å². The number of phenolic OH excluding ortho intramolecular Hbond substituents is 1. The van der Waals surface area contributed by atoms with Gasteiger partial charge in [0.05, 0.1) is 0 Å². The number of rotatable bonds is 2. The molecule has 2 aliphatic rings. The summed E-state index contributed by atoms with van der Waals surface area (Å²) in [7, 11) is 4.13. The Balaban J connectivity index is 1.68. The second-order valence-corrected chi connectivity index (χ2v) is 6.58. The molecule has 0 amide bonds. The van der Waals surface area contributed by atoms with Gasteiger partial charge < -0.3 is 14.7 Å². The maximum Gasteiger partial charge on any atom is 0.142 e.